The first-order valence-corrected chi connectivity index (χ1v) is 10.2. The number of aromatic amines is 1. The minimum atomic E-state index is -4.69. The number of aromatic nitrogens is 1. The molecule has 0 atom stereocenters. The summed E-state index contributed by atoms with van der Waals surface area (Å²) in [7, 11) is 0. The van der Waals surface area contributed by atoms with E-state index in [-0.39, 0.29) is 36.1 Å². The molecule has 3 aromatic rings. The van der Waals surface area contributed by atoms with Crippen molar-refractivity contribution in [2.45, 2.75) is 20.0 Å². The minimum absolute atomic E-state index is 0.0393. The van der Waals surface area contributed by atoms with Crippen molar-refractivity contribution in [1.29, 1.82) is 0 Å². The number of anilines is 2. The number of hydrogen-bond donors (Lipinski definition) is 3. The van der Waals surface area contributed by atoms with Crippen molar-refractivity contribution in [2.24, 2.45) is 0 Å². The molecule has 180 valence electrons. The van der Waals surface area contributed by atoms with Gasteiger partial charge in [-0.2, -0.15) is 13.2 Å². The molecule has 1 aromatic heterocycles. The fourth-order valence-electron chi connectivity index (χ4n) is 3.08. The molecule has 3 N–H and O–H groups in total. The van der Waals surface area contributed by atoms with Crippen molar-refractivity contribution < 1.29 is 31.8 Å². The van der Waals surface area contributed by atoms with Crippen molar-refractivity contribution in [3.05, 3.63) is 70.4 Å². The Balaban J connectivity index is 1.76. The molecule has 0 aliphatic heterocycles. The lowest BCUT2D eigenvalue weighted by atomic mass is 10.1. The summed E-state index contributed by atoms with van der Waals surface area (Å²) >= 11 is 0. The highest BCUT2D eigenvalue weighted by molar-refractivity contribution is 6.00. The summed E-state index contributed by atoms with van der Waals surface area (Å²) in [6, 6.07) is 7.51. The monoisotopic (exact) mass is 479 g/mol. The Kier molecular flexibility index (Phi) is 7.44. The summed E-state index contributed by atoms with van der Waals surface area (Å²) in [6.07, 6.45) is -3.30. The van der Waals surface area contributed by atoms with Gasteiger partial charge in [-0.15, -0.1) is 0 Å². The van der Waals surface area contributed by atoms with Crippen LogP contribution in [0, 0.1) is 5.82 Å². The molecule has 11 heteroatoms. The van der Waals surface area contributed by atoms with Gasteiger partial charge in [0.1, 0.15) is 11.6 Å². The first-order valence-electron chi connectivity index (χ1n) is 10.2. The van der Waals surface area contributed by atoms with Gasteiger partial charge in [0.2, 0.25) is 0 Å². The van der Waals surface area contributed by atoms with Gasteiger partial charge in [-0.1, -0.05) is 6.07 Å². The molecule has 34 heavy (non-hydrogen) atoms. The molecule has 2 aromatic carbocycles. The second-order valence-corrected chi connectivity index (χ2v) is 6.93. The SMILES string of the molecule is CCOc1ccc(NC(=O)Nc2ccc(-c3c[nH]c(=O)c(OCC)c3)cc2F)cc1C(F)(F)F. The number of alkyl halides is 3. The van der Waals surface area contributed by atoms with Crippen LogP contribution in [0.4, 0.5) is 33.7 Å². The molecule has 0 radical (unpaired) electrons. The molecule has 0 saturated carbocycles. The number of carbonyl (C=O) groups is 1. The van der Waals surface area contributed by atoms with Crippen LogP contribution >= 0.6 is 0 Å². The molecular formula is C23H21F4N3O4. The number of rotatable bonds is 7. The van der Waals surface area contributed by atoms with E-state index in [1.807, 2.05) is 0 Å². The van der Waals surface area contributed by atoms with Crippen molar-refractivity contribution in [2.75, 3.05) is 23.8 Å². The highest BCUT2D eigenvalue weighted by Crippen LogP contribution is 2.38. The number of carbonyl (C=O) groups excluding carboxylic acids is 1. The molecular weight excluding hydrogens is 458 g/mol. The molecule has 0 saturated heterocycles. The molecule has 0 aliphatic rings. The van der Waals surface area contributed by atoms with Gasteiger partial charge in [0.05, 0.1) is 24.5 Å². The van der Waals surface area contributed by atoms with Crippen LogP contribution in [0.15, 0.2) is 53.5 Å². The summed E-state index contributed by atoms with van der Waals surface area (Å²) < 4.78 is 64.6. The van der Waals surface area contributed by atoms with E-state index in [1.54, 1.807) is 13.8 Å². The molecule has 0 bridgehead atoms. The molecule has 0 unspecified atom stereocenters. The zero-order valence-electron chi connectivity index (χ0n) is 18.2. The van der Waals surface area contributed by atoms with Gasteiger partial charge < -0.3 is 25.1 Å². The first-order chi connectivity index (χ1) is 16.1. The average molecular weight is 479 g/mol. The topological polar surface area (TPSA) is 92.5 Å². The third-order valence-electron chi connectivity index (χ3n) is 4.56. The van der Waals surface area contributed by atoms with Crippen molar-refractivity contribution in [3.63, 3.8) is 0 Å². The van der Waals surface area contributed by atoms with Gasteiger partial charge in [-0.25, -0.2) is 9.18 Å². The van der Waals surface area contributed by atoms with Gasteiger partial charge in [-0.05, 0) is 55.8 Å². The van der Waals surface area contributed by atoms with E-state index in [0.717, 1.165) is 18.2 Å². The van der Waals surface area contributed by atoms with E-state index in [1.165, 1.54) is 30.5 Å². The van der Waals surface area contributed by atoms with E-state index in [4.69, 9.17) is 9.47 Å². The number of amides is 2. The zero-order valence-corrected chi connectivity index (χ0v) is 18.2. The molecule has 0 aliphatic carbocycles. The van der Waals surface area contributed by atoms with Crippen LogP contribution in [-0.4, -0.2) is 24.2 Å². The third kappa shape index (κ3) is 5.85. The Morgan fingerprint density at radius 1 is 0.941 bits per heavy atom. The van der Waals surface area contributed by atoms with Crippen molar-refractivity contribution in [3.8, 4) is 22.6 Å². The number of pyridine rings is 1. The van der Waals surface area contributed by atoms with Crippen LogP contribution in [0.1, 0.15) is 19.4 Å². The quantitative estimate of drug-likeness (QED) is 0.383. The minimum Gasteiger partial charge on any atom is -0.493 e. The van der Waals surface area contributed by atoms with Crippen LogP contribution in [-0.2, 0) is 6.18 Å². The normalized spacial score (nSPS) is 11.1. The number of hydrogen-bond acceptors (Lipinski definition) is 4. The maximum atomic E-state index is 14.6. The zero-order chi connectivity index (χ0) is 24.9. The average Bonchev–Trinajstić information content (AvgIpc) is 2.77. The van der Waals surface area contributed by atoms with Crippen LogP contribution in [0.3, 0.4) is 0 Å². The lowest BCUT2D eigenvalue weighted by Gasteiger charge is -2.15. The lowest BCUT2D eigenvalue weighted by molar-refractivity contribution is -0.138. The molecule has 7 nitrogen and oxygen atoms in total. The molecule has 0 fully saturated rings. The summed E-state index contributed by atoms with van der Waals surface area (Å²) in [5.41, 5.74) is -0.937. The number of H-pyrrole nitrogens is 1. The number of nitrogens with one attached hydrogen (secondary N) is 3. The van der Waals surface area contributed by atoms with Crippen LogP contribution < -0.4 is 25.7 Å². The summed E-state index contributed by atoms with van der Waals surface area (Å²) in [6.45, 7) is 3.58. The summed E-state index contributed by atoms with van der Waals surface area (Å²) in [5.74, 6) is -1.08. The fourth-order valence-corrected chi connectivity index (χ4v) is 3.08. The second kappa shape index (κ2) is 10.3. The van der Waals surface area contributed by atoms with E-state index < -0.39 is 29.1 Å². The van der Waals surface area contributed by atoms with Crippen LogP contribution in [0.25, 0.3) is 11.1 Å². The fraction of sp³-hybridized carbons (Fsp3) is 0.217. The van der Waals surface area contributed by atoms with E-state index in [9.17, 15) is 27.2 Å². The Bertz CT molecular complexity index is 1240. The van der Waals surface area contributed by atoms with Gasteiger partial charge in [0.15, 0.2) is 5.75 Å². The van der Waals surface area contributed by atoms with Gasteiger partial charge in [-0.3, -0.25) is 4.79 Å². The largest absolute Gasteiger partial charge is 0.493 e. The van der Waals surface area contributed by atoms with E-state index >= 15 is 0 Å². The highest BCUT2D eigenvalue weighted by atomic mass is 19.4. The van der Waals surface area contributed by atoms with Crippen LogP contribution in [0.2, 0.25) is 0 Å². The van der Waals surface area contributed by atoms with Gasteiger partial charge in [0, 0.05) is 17.4 Å². The predicted molar refractivity (Wildman–Crippen MR) is 119 cm³/mol. The number of halogens is 4. The van der Waals surface area contributed by atoms with Crippen molar-refractivity contribution in [1.82, 2.24) is 4.98 Å². The maximum Gasteiger partial charge on any atom is 0.420 e. The molecule has 0 spiro atoms. The smallest absolute Gasteiger partial charge is 0.420 e. The molecule has 2 amide bonds. The van der Waals surface area contributed by atoms with E-state index in [2.05, 4.69) is 15.6 Å². The lowest BCUT2D eigenvalue weighted by Crippen LogP contribution is -2.20. The summed E-state index contributed by atoms with van der Waals surface area (Å²) in [5, 5.41) is 4.50. The third-order valence-corrected chi connectivity index (χ3v) is 4.56. The highest BCUT2D eigenvalue weighted by Gasteiger charge is 2.34. The van der Waals surface area contributed by atoms with Gasteiger partial charge in [0.25, 0.3) is 5.56 Å². The first kappa shape index (κ1) is 24.6. The second-order valence-electron chi connectivity index (χ2n) is 6.93. The number of urea groups is 1. The predicted octanol–water partition coefficient (Wildman–Crippen LogP) is 5.64. The van der Waals surface area contributed by atoms with Crippen LogP contribution in [0.5, 0.6) is 11.5 Å². The maximum absolute atomic E-state index is 14.6. The summed E-state index contributed by atoms with van der Waals surface area (Å²) in [4.78, 5) is 26.5. The van der Waals surface area contributed by atoms with Gasteiger partial charge >= 0.3 is 12.2 Å². The Morgan fingerprint density at radius 3 is 2.29 bits per heavy atom. The number of ether oxygens (including phenoxy) is 2. The van der Waals surface area contributed by atoms with Crippen molar-refractivity contribution >= 4 is 17.4 Å². The molecule has 1 heterocycles. The number of benzene rings is 2. The Labute approximate surface area is 191 Å². The Morgan fingerprint density at radius 2 is 1.65 bits per heavy atom. The van der Waals surface area contributed by atoms with E-state index in [0.29, 0.717) is 11.1 Å². The Hall–Kier alpha value is -4.02. The standard InChI is InChI=1S/C23H21F4N3O4/c1-3-33-19-8-6-15(11-16(19)23(25,26)27)29-22(32)30-18-7-5-13(9-17(18)24)14-10-20(34-4-2)21(31)28-12-14/h5-12H,3-4H2,1-2H3,(H,28,31)(H2,29,30,32). The molecule has 3 rings (SSSR count).